The van der Waals surface area contributed by atoms with Crippen LogP contribution in [0.2, 0.25) is 0 Å². The highest BCUT2D eigenvalue weighted by Crippen LogP contribution is 2.21. The number of rotatable bonds is 1. The number of piperidine rings is 1. The third kappa shape index (κ3) is 3.34. The number of hydrogen-bond acceptors (Lipinski definition) is 4. The zero-order chi connectivity index (χ0) is 12.8. The van der Waals surface area contributed by atoms with Crippen LogP contribution in [0, 0.1) is 6.92 Å². The molecule has 0 aliphatic carbocycles. The minimum absolute atomic E-state index is 0.219. The topological polar surface area (TPSA) is 72.0 Å². The van der Waals surface area contributed by atoms with Crippen LogP contribution in [0.15, 0.2) is 12.4 Å². The second kappa shape index (κ2) is 6.08. The molecule has 1 unspecified atom stereocenters. The Kier molecular flexibility index (Phi) is 4.75. The molecule has 17 heavy (non-hydrogen) atoms. The Labute approximate surface area is 101 Å². The minimum Gasteiger partial charge on any atom is -0.296 e. The van der Waals surface area contributed by atoms with Gasteiger partial charge in [0.15, 0.2) is 0 Å². The standard InChI is InChI=1S/C10H11N3O2.C2H6/c1-6-4-11-9(12-5-6)7-2-3-8(14)13-10(7)15;1-2/h4-5,7H,2-3H2,1H3,(H,13,14,15);1-2H3. The first-order valence-electron chi connectivity index (χ1n) is 5.79. The van der Waals surface area contributed by atoms with Crippen LogP contribution in [0.4, 0.5) is 0 Å². The van der Waals surface area contributed by atoms with Gasteiger partial charge in [-0.1, -0.05) is 13.8 Å². The summed E-state index contributed by atoms with van der Waals surface area (Å²) in [7, 11) is 0. The average Bonchev–Trinajstić information content (AvgIpc) is 2.33. The number of nitrogens with zero attached hydrogens (tertiary/aromatic N) is 2. The molecule has 2 heterocycles. The van der Waals surface area contributed by atoms with E-state index in [-0.39, 0.29) is 17.7 Å². The van der Waals surface area contributed by atoms with E-state index in [1.807, 2.05) is 20.8 Å². The summed E-state index contributed by atoms with van der Waals surface area (Å²) in [5.74, 6) is -0.410. The summed E-state index contributed by atoms with van der Waals surface area (Å²) in [6.07, 6.45) is 4.19. The van der Waals surface area contributed by atoms with Crippen molar-refractivity contribution < 1.29 is 9.59 Å². The van der Waals surface area contributed by atoms with Gasteiger partial charge in [0, 0.05) is 18.8 Å². The van der Waals surface area contributed by atoms with Crippen LogP contribution in [0.5, 0.6) is 0 Å². The molecule has 5 nitrogen and oxygen atoms in total. The number of aromatic nitrogens is 2. The number of nitrogens with one attached hydrogen (secondary N) is 1. The van der Waals surface area contributed by atoms with E-state index in [4.69, 9.17) is 0 Å². The lowest BCUT2D eigenvalue weighted by atomic mass is 9.97. The van der Waals surface area contributed by atoms with Gasteiger partial charge in [0.25, 0.3) is 0 Å². The molecular formula is C12H17N3O2. The number of imide groups is 1. The normalized spacial score (nSPS) is 19.1. The number of carbonyl (C=O) groups is 2. The van der Waals surface area contributed by atoms with Gasteiger partial charge in [-0.25, -0.2) is 9.97 Å². The molecule has 2 rings (SSSR count). The highest BCUT2D eigenvalue weighted by atomic mass is 16.2. The van der Waals surface area contributed by atoms with E-state index >= 15 is 0 Å². The summed E-state index contributed by atoms with van der Waals surface area (Å²) in [6, 6.07) is 0. The van der Waals surface area contributed by atoms with Gasteiger partial charge in [-0.3, -0.25) is 14.9 Å². The Hall–Kier alpha value is -1.78. The molecule has 1 atom stereocenters. The Bertz CT molecular complexity index is 401. The first-order valence-corrected chi connectivity index (χ1v) is 5.79. The quantitative estimate of drug-likeness (QED) is 0.745. The van der Waals surface area contributed by atoms with E-state index in [2.05, 4.69) is 15.3 Å². The third-order valence-corrected chi connectivity index (χ3v) is 2.35. The molecule has 1 fully saturated rings. The predicted octanol–water partition coefficient (Wildman–Crippen LogP) is 1.33. The fourth-order valence-corrected chi connectivity index (χ4v) is 1.52. The SMILES string of the molecule is CC.Cc1cnc(C2CCC(=O)NC2=O)nc1. The Morgan fingerprint density at radius 2 is 1.82 bits per heavy atom. The van der Waals surface area contributed by atoms with E-state index < -0.39 is 0 Å². The predicted molar refractivity (Wildman–Crippen MR) is 63.2 cm³/mol. The van der Waals surface area contributed by atoms with Crippen LogP contribution >= 0.6 is 0 Å². The van der Waals surface area contributed by atoms with E-state index in [9.17, 15) is 9.59 Å². The molecule has 0 radical (unpaired) electrons. The zero-order valence-corrected chi connectivity index (χ0v) is 10.4. The van der Waals surface area contributed by atoms with Crippen molar-refractivity contribution in [2.75, 3.05) is 0 Å². The Morgan fingerprint density at radius 3 is 2.35 bits per heavy atom. The van der Waals surface area contributed by atoms with Crippen LogP contribution in [0.25, 0.3) is 0 Å². The summed E-state index contributed by atoms with van der Waals surface area (Å²) in [5.41, 5.74) is 0.950. The maximum Gasteiger partial charge on any atom is 0.237 e. The van der Waals surface area contributed by atoms with Gasteiger partial charge in [0.05, 0.1) is 5.92 Å². The molecular weight excluding hydrogens is 218 g/mol. The summed E-state index contributed by atoms with van der Waals surface area (Å²) >= 11 is 0. The number of hydrogen-bond donors (Lipinski definition) is 1. The van der Waals surface area contributed by atoms with E-state index in [1.165, 1.54) is 0 Å². The van der Waals surface area contributed by atoms with Crippen LogP contribution in [0.3, 0.4) is 0 Å². The molecule has 2 amide bonds. The van der Waals surface area contributed by atoms with Gasteiger partial charge in [0.1, 0.15) is 5.82 Å². The van der Waals surface area contributed by atoms with E-state index in [1.54, 1.807) is 12.4 Å². The molecule has 0 saturated carbocycles. The van der Waals surface area contributed by atoms with Crippen molar-refractivity contribution >= 4 is 11.8 Å². The molecule has 1 N–H and O–H groups in total. The van der Waals surface area contributed by atoms with E-state index in [0.717, 1.165) is 5.56 Å². The fraction of sp³-hybridized carbons (Fsp3) is 0.500. The first kappa shape index (κ1) is 13.3. The molecule has 1 aliphatic rings. The van der Waals surface area contributed by atoms with Crippen molar-refractivity contribution in [2.24, 2.45) is 0 Å². The maximum atomic E-state index is 11.5. The smallest absolute Gasteiger partial charge is 0.237 e. The van der Waals surface area contributed by atoms with Gasteiger partial charge in [-0.2, -0.15) is 0 Å². The maximum absolute atomic E-state index is 11.5. The molecule has 0 aromatic carbocycles. The molecule has 0 bridgehead atoms. The van der Waals surface area contributed by atoms with Crippen molar-refractivity contribution in [3.63, 3.8) is 0 Å². The van der Waals surface area contributed by atoms with Gasteiger partial charge < -0.3 is 0 Å². The molecule has 1 saturated heterocycles. The number of carbonyl (C=O) groups excluding carboxylic acids is 2. The summed E-state index contributed by atoms with van der Waals surface area (Å²) in [4.78, 5) is 30.6. The highest BCUT2D eigenvalue weighted by Gasteiger charge is 2.29. The minimum atomic E-state index is -0.386. The molecule has 1 aromatic rings. The van der Waals surface area contributed by atoms with Crippen molar-refractivity contribution in [3.05, 3.63) is 23.8 Å². The lowest BCUT2D eigenvalue weighted by Gasteiger charge is -2.19. The first-order chi connectivity index (χ1) is 8.16. The second-order valence-corrected chi connectivity index (χ2v) is 3.62. The van der Waals surface area contributed by atoms with Crippen molar-refractivity contribution in [2.45, 2.75) is 39.5 Å². The lowest BCUT2D eigenvalue weighted by Crippen LogP contribution is -2.40. The highest BCUT2D eigenvalue weighted by molar-refractivity contribution is 6.00. The third-order valence-electron chi connectivity index (χ3n) is 2.35. The summed E-state index contributed by atoms with van der Waals surface area (Å²) < 4.78 is 0. The monoisotopic (exact) mass is 235 g/mol. The average molecular weight is 235 g/mol. The summed E-state index contributed by atoms with van der Waals surface area (Å²) in [5, 5.41) is 2.28. The largest absolute Gasteiger partial charge is 0.296 e. The molecule has 0 spiro atoms. The molecule has 92 valence electrons. The van der Waals surface area contributed by atoms with Gasteiger partial charge in [0.2, 0.25) is 11.8 Å². The number of aryl methyl sites for hydroxylation is 1. The van der Waals surface area contributed by atoms with Crippen molar-refractivity contribution in [3.8, 4) is 0 Å². The Balaban J connectivity index is 0.000000686. The number of amides is 2. The van der Waals surface area contributed by atoms with E-state index in [0.29, 0.717) is 18.7 Å². The van der Waals surface area contributed by atoms with Crippen LogP contribution in [-0.2, 0) is 9.59 Å². The Morgan fingerprint density at radius 1 is 1.24 bits per heavy atom. The van der Waals surface area contributed by atoms with Crippen molar-refractivity contribution in [1.82, 2.24) is 15.3 Å². The second-order valence-electron chi connectivity index (χ2n) is 3.62. The molecule has 5 heteroatoms. The lowest BCUT2D eigenvalue weighted by molar-refractivity contribution is -0.134. The van der Waals surface area contributed by atoms with Crippen LogP contribution in [-0.4, -0.2) is 21.8 Å². The molecule has 1 aliphatic heterocycles. The van der Waals surface area contributed by atoms with Crippen LogP contribution < -0.4 is 5.32 Å². The molecule has 1 aromatic heterocycles. The fourth-order valence-electron chi connectivity index (χ4n) is 1.52. The zero-order valence-electron chi connectivity index (χ0n) is 10.4. The van der Waals surface area contributed by atoms with Crippen molar-refractivity contribution in [1.29, 1.82) is 0 Å². The van der Waals surface area contributed by atoms with Gasteiger partial charge in [-0.05, 0) is 18.9 Å². The summed E-state index contributed by atoms with van der Waals surface area (Å²) in [6.45, 7) is 5.88. The van der Waals surface area contributed by atoms with Gasteiger partial charge >= 0.3 is 0 Å². The van der Waals surface area contributed by atoms with Crippen LogP contribution in [0.1, 0.15) is 44.0 Å². The van der Waals surface area contributed by atoms with Gasteiger partial charge in [-0.15, -0.1) is 0 Å².